The van der Waals surface area contributed by atoms with E-state index in [2.05, 4.69) is 29.0 Å². The van der Waals surface area contributed by atoms with Crippen LogP contribution in [0.15, 0.2) is 48.5 Å². The lowest BCUT2D eigenvalue weighted by Gasteiger charge is -2.36. The summed E-state index contributed by atoms with van der Waals surface area (Å²) in [7, 11) is 1.62. The minimum absolute atomic E-state index is 0.170. The molecule has 0 saturated carbocycles. The van der Waals surface area contributed by atoms with Gasteiger partial charge in [-0.1, -0.05) is 0 Å². The monoisotopic (exact) mass is 379 g/mol. The van der Waals surface area contributed by atoms with Crippen LogP contribution in [-0.4, -0.2) is 43.3 Å². The predicted octanol–water partition coefficient (Wildman–Crippen LogP) is 4.04. The Kier molecular flexibility index (Phi) is 4.96. The van der Waals surface area contributed by atoms with Crippen LogP contribution in [0.4, 0.5) is 11.4 Å². The molecule has 6 nitrogen and oxygen atoms in total. The molecule has 1 aliphatic heterocycles. The number of benzene rings is 2. The number of nitrogens with zero attached hydrogens (tertiary/aromatic N) is 1. The number of methoxy groups -OCH3 is 1. The molecule has 1 fully saturated rings. The van der Waals surface area contributed by atoms with Crippen molar-refractivity contribution < 1.29 is 14.3 Å². The second kappa shape index (κ2) is 7.56. The summed E-state index contributed by atoms with van der Waals surface area (Å²) in [6, 6.07) is 15.5. The molecular formula is C22H25N3O3. The molecule has 2 N–H and O–H groups in total. The molecule has 6 heteroatoms. The van der Waals surface area contributed by atoms with Crippen molar-refractivity contribution >= 4 is 28.2 Å². The number of rotatable bonds is 4. The van der Waals surface area contributed by atoms with Crippen molar-refractivity contribution in [2.45, 2.75) is 26.1 Å². The summed E-state index contributed by atoms with van der Waals surface area (Å²) in [4.78, 5) is 18.1. The van der Waals surface area contributed by atoms with Crippen LogP contribution < -0.4 is 15.0 Å². The molecule has 0 bridgehead atoms. The maximum Gasteiger partial charge on any atom is 0.272 e. The van der Waals surface area contributed by atoms with Gasteiger partial charge in [-0.25, -0.2) is 0 Å². The van der Waals surface area contributed by atoms with Gasteiger partial charge in [0.1, 0.15) is 11.4 Å². The van der Waals surface area contributed by atoms with E-state index < -0.39 is 0 Å². The van der Waals surface area contributed by atoms with E-state index in [-0.39, 0.29) is 18.1 Å². The van der Waals surface area contributed by atoms with Gasteiger partial charge in [0.15, 0.2) is 0 Å². The van der Waals surface area contributed by atoms with E-state index in [1.165, 1.54) is 0 Å². The largest absolute Gasteiger partial charge is 0.497 e. The molecule has 2 aromatic carbocycles. The molecule has 28 heavy (non-hydrogen) atoms. The number of amides is 1. The van der Waals surface area contributed by atoms with Gasteiger partial charge in [0.05, 0.1) is 19.3 Å². The normalized spacial score (nSPS) is 19.6. The van der Waals surface area contributed by atoms with E-state index in [0.29, 0.717) is 5.69 Å². The van der Waals surface area contributed by atoms with Crippen molar-refractivity contribution in [3.8, 4) is 5.75 Å². The van der Waals surface area contributed by atoms with Crippen LogP contribution >= 0.6 is 0 Å². The molecule has 2 heterocycles. The molecule has 2 unspecified atom stereocenters. The third-order valence-electron chi connectivity index (χ3n) is 4.98. The Morgan fingerprint density at radius 1 is 1.11 bits per heavy atom. The standard InChI is InChI=1S/C22H25N3O3/c1-14-12-25(13-15(2)28-14)18-7-5-17(6-8-18)23-22(26)21-10-16-4-9-19(27-3)11-20(16)24-21/h4-11,14-15,24H,12-13H2,1-3H3,(H,23,26). The van der Waals surface area contributed by atoms with Crippen molar-refractivity contribution in [1.82, 2.24) is 4.98 Å². The molecule has 2 atom stereocenters. The average molecular weight is 379 g/mol. The minimum atomic E-state index is -0.170. The molecule has 146 valence electrons. The maximum atomic E-state index is 12.6. The Morgan fingerprint density at radius 2 is 1.82 bits per heavy atom. The topological polar surface area (TPSA) is 66.6 Å². The molecule has 1 aliphatic rings. The number of anilines is 2. The smallest absolute Gasteiger partial charge is 0.272 e. The molecule has 0 aliphatic carbocycles. The van der Waals surface area contributed by atoms with Gasteiger partial charge in [0, 0.05) is 41.4 Å². The van der Waals surface area contributed by atoms with Crippen LogP contribution in [0.25, 0.3) is 10.9 Å². The summed E-state index contributed by atoms with van der Waals surface area (Å²) < 4.78 is 11.0. The number of aromatic nitrogens is 1. The Hall–Kier alpha value is -2.99. The summed E-state index contributed by atoms with van der Waals surface area (Å²) >= 11 is 0. The van der Waals surface area contributed by atoms with Crippen molar-refractivity contribution in [3.63, 3.8) is 0 Å². The van der Waals surface area contributed by atoms with Crippen molar-refractivity contribution in [2.24, 2.45) is 0 Å². The number of carbonyl (C=O) groups is 1. The van der Waals surface area contributed by atoms with Crippen molar-refractivity contribution in [3.05, 3.63) is 54.2 Å². The van der Waals surface area contributed by atoms with Crippen LogP contribution in [0.5, 0.6) is 5.75 Å². The number of nitrogens with one attached hydrogen (secondary N) is 2. The van der Waals surface area contributed by atoms with Gasteiger partial charge in [-0.3, -0.25) is 4.79 Å². The van der Waals surface area contributed by atoms with Gasteiger partial charge in [-0.2, -0.15) is 0 Å². The first kappa shape index (κ1) is 18.4. The fraction of sp³-hybridized carbons (Fsp3) is 0.318. The lowest BCUT2D eigenvalue weighted by Crippen LogP contribution is -2.45. The van der Waals surface area contributed by atoms with Gasteiger partial charge in [-0.05, 0) is 56.3 Å². The summed E-state index contributed by atoms with van der Waals surface area (Å²) in [5, 5.41) is 3.92. The van der Waals surface area contributed by atoms with Crippen LogP contribution in [0.3, 0.4) is 0 Å². The molecule has 0 radical (unpaired) electrons. The Balaban J connectivity index is 1.46. The number of aromatic amines is 1. The third kappa shape index (κ3) is 3.82. The zero-order chi connectivity index (χ0) is 19.7. The van der Waals surface area contributed by atoms with E-state index in [1.54, 1.807) is 7.11 Å². The molecule has 3 aromatic rings. The highest BCUT2D eigenvalue weighted by Gasteiger charge is 2.22. The fourth-order valence-electron chi connectivity index (χ4n) is 3.70. The number of H-pyrrole nitrogens is 1. The van der Waals surface area contributed by atoms with E-state index >= 15 is 0 Å². The summed E-state index contributed by atoms with van der Waals surface area (Å²) in [5.74, 6) is 0.584. The third-order valence-corrected chi connectivity index (χ3v) is 4.98. The first-order valence-corrected chi connectivity index (χ1v) is 9.50. The first-order valence-electron chi connectivity index (χ1n) is 9.50. The number of ether oxygens (including phenoxy) is 2. The Morgan fingerprint density at radius 3 is 2.50 bits per heavy atom. The molecule has 4 rings (SSSR count). The predicted molar refractivity (Wildman–Crippen MR) is 111 cm³/mol. The molecule has 1 aromatic heterocycles. The second-order valence-corrected chi connectivity index (χ2v) is 7.30. The van der Waals surface area contributed by atoms with Crippen molar-refractivity contribution in [2.75, 3.05) is 30.4 Å². The van der Waals surface area contributed by atoms with Crippen LogP contribution in [0.1, 0.15) is 24.3 Å². The zero-order valence-corrected chi connectivity index (χ0v) is 16.4. The highest BCUT2D eigenvalue weighted by molar-refractivity contribution is 6.06. The summed E-state index contributed by atoms with van der Waals surface area (Å²) in [5.41, 5.74) is 3.29. The summed E-state index contributed by atoms with van der Waals surface area (Å²) in [6.45, 7) is 5.92. The maximum absolute atomic E-state index is 12.6. The number of morpholine rings is 1. The van der Waals surface area contributed by atoms with Crippen LogP contribution in [0.2, 0.25) is 0 Å². The molecule has 1 saturated heterocycles. The zero-order valence-electron chi connectivity index (χ0n) is 16.4. The van der Waals surface area contributed by atoms with Gasteiger partial charge < -0.3 is 24.7 Å². The van der Waals surface area contributed by atoms with E-state index in [0.717, 1.165) is 41.1 Å². The van der Waals surface area contributed by atoms with Crippen LogP contribution in [-0.2, 0) is 4.74 Å². The van der Waals surface area contributed by atoms with Gasteiger partial charge >= 0.3 is 0 Å². The van der Waals surface area contributed by atoms with E-state index in [1.807, 2.05) is 48.5 Å². The second-order valence-electron chi connectivity index (χ2n) is 7.30. The highest BCUT2D eigenvalue weighted by Crippen LogP contribution is 2.24. The number of carbonyl (C=O) groups excluding carboxylic acids is 1. The molecule has 0 spiro atoms. The Bertz CT molecular complexity index is 970. The van der Waals surface area contributed by atoms with Crippen molar-refractivity contribution in [1.29, 1.82) is 0 Å². The van der Waals surface area contributed by atoms with E-state index in [9.17, 15) is 4.79 Å². The SMILES string of the molecule is COc1ccc2cc(C(=O)Nc3ccc(N4CC(C)OC(C)C4)cc3)[nH]c2c1. The number of hydrogen-bond acceptors (Lipinski definition) is 4. The molecular weight excluding hydrogens is 354 g/mol. The molecule has 1 amide bonds. The van der Waals surface area contributed by atoms with Crippen LogP contribution in [0, 0.1) is 0 Å². The number of fused-ring (bicyclic) bond motifs is 1. The first-order chi connectivity index (χ1) is 13.5. The fourth-order valence-corrected chi connectivity index (χ4v) is 3.70. The number of hydrogen-bond donors (Lipinski definition) is 2. The highest BCUT2D eigenvalue weighted by atomic mass is 16.5. The minimum Gasteiger partial charge on any atom is -0.497 e. The average Bonchev–Trinajstić information content (AvgIpc) is 3.11. The quantitative estimate of drug-likeness (QED) is 0.718. The lowest BCUT2D eigenvalue weighted by atomic mass is 10.2. The Labute approximate surface area is 164 Å². The lowest BCUT2D eigenvalue weighted by molar-refractivity contribution is -0.00521. The van der Waals surface area contributed by atoms with Gasteiger partial charge in [0.25, 0.3) is 5.91 Å². The van der Waals surface area contributed by atoms with Gasteiger partial charge in [-0.15, -0.1) is 0 Å². The summed E-state index contributed by atoms with van der Waals surface area (Å²) in [6.07, 6.45) is 0.424. The van der Waals surface area contributed by atoms with Gasteiger partial charge in [0.2, 0.25) is 0 Å². The van der Waals surface area contributed by atoms with E-state index in [4.69, 9.17) is 9.47 Å².